The van der Waals surface area contributed by atoms with Crippen LogP contribution in [0.25, 0.3) is 16.3 Å². The van der Waals surface area contributed by atoms with Crippen molar-refractivity contribution >= 4 is 22.9 Å². The van der Waals surface area contributed by atoms with Gasteiger partial charge in [-0.15, -0.1) is 11.3 Å². The van der Waals surface area contributed by atoms with Crippen LogP contribution in [0.15, 0.2) is 53.9 Å². The zero-order chi connectivity index (χ0) is 18.1. The van der Waals surface area contributed by atoms with Crippen LogP contribution < -0.4 is 5.32 Å². The summed E-state index contributed by atoms with van der Waals surface area (Å²) in [6, 6.07) is 15.3. The van der Waals surface area contributed by atoms with Gasteiger partial charge in [0, 0.05) is 11.4 Å². The van der Waals surface area contributed by atoms with Crippen molar-refractivity contribution in [3.05, 3.63) is 71.0 Å². The zero-order valence-electron chi connectivity index (χ0n) is 14.4. The number of carbonyl (C=O) groups is 1. The Labute approximate surface area is 154 Å². The van der Waals surface area contributed by atoms with Gasteiger partial charge in [0.15, 0.2) is 5.69 Å². The number of hydrogen-bond acceptors (Lipinski definition) is 4. The van der Waals surface area contributed by atoms with E-state index in [0.29, 0.717) is 11.4 Å². The quantitative estimate of drug-likeness (QED) is 0.571. The van der Waals surface area contributed by atoms with E-state index in [2.05, 4.69) is 20.6 Å². The van der Waals surface area contributed by atoms with Gasteiger partial charge in [-0.3, -0.25) is 9.89 Å². The van der Waals surface area contributed by atoms with Gasteiger partial charge in [-0.25, -0.2) is 4.68 Å². The van der Waals surface area contributed by atoms with E-state index < -0.39 is 0 Å². The number of hydrogen-bond donors (Lipinski definition) is 2. The number of nitrogens with zero attached hydrogens (tertiary/aromatic N) is 3. The van der Waals surface area contributed by atoms with Gasteiger partial charge in [0.1, 0.15) is 0 Å². The SMILES string of the molecule is Cc1cc(C)n(-c2ccc(NC(=O)c3cc(-c4cccs4)[nH]n3)cc2)n1. The average molecular weight is 363 g/mol. The van der Waals surface area contributed by atoms with E-state index in [1.807, 2.05) is 66.4 Å². The van der Waals surface area contributed by atoms with Crippen LogP contribution in [0.1, 0.15) is 21.9 Å². The number of rotatable bonds is 4. The molecule has 0 aliphatic carbocycles. The molecular formula is C19H17N5OS. The van der Waals surface area contributed by atoms with Gasteiger partial charge in [-0.1, -0.05) is 6.07 Å². The fourth-order valence-electron chi connectivity index (χ4n) is 2.77. The molecule has 4 aromatic rings. The Bertz CT molecular complexity index is 1040. The maximum Gasteiger partial charge on any atom is 0.276 e. The third-order valence-corrected chi connectivity index (χ3v) is 4.88. The molecule has 3 aromatic heterocycles. The minimum Gasteiger partial charge on any atom is -0.321 e. The topological polar surface area (TPSA) is 75.6 Å². The Balaban J connectivity index is 1.49. The van der Waals surface area contributed by atoms with Crippen LogP contribution in [0.5, 0.6) is 0 Å². The second-order valence-electron chi connectivity index (χ2n) is 5.98. The number of nitrogens with one attached hydrogen (secondary N) is 2. The van der Waals surface area contributed by atoms with Crippen LogP contribution in [-0.2, 0) is 0 Å². The molecule has 0 saturated heterocycles. The van der Waals surface area contributed by atoms with Crippen LogP contribution in [-0.4, -0.2) is 25.9 Å². The summed E-state index contributed by atoms with van der Waals surface area (Å²) in [4.78, 5) is 13.4. The fraction of sp³-hybridized carbons (Fsp3) is 0.105. The Morgan fingerprint density at radius 1 is 1.15 bits per heavy atom. The highest BCUT2D eigenvalue weighted by Crippen LogP contribution is 2.23. The predicted octanol–water partition coefficient (Wildman–Crippen LogP) is 4.19. The molecule has 0 aliphatic rings. The number of aromatic nitrogens is 4. The van der Waals surface area contributed by atoms with Crippen LogP contribution in [0, 0.1) is 13.8 Å². The van der Waals surface area contributed by atoms with E-state index in [-0.39, 0.29) is 5.91 Å². The number of aryl methyl sites for hydroxylation is 2. The highest BCUT2D eigenvalue weighted by atomic mass is 32.1. The van der Waals surface area contributed by atoms with Crippen molar-refractivity contribution in [3.8, 4) is 16.3 Å². The monoisotopic (exact) mass is 363 g/mol. The van der Waals surface area contributed by atoms with Gasteiger partial charge in [0.05, 0.1) is 22.0 Å². The number of H-pyrrole nitrogens is 1. The first-order chi connectivity index (χ1) is 12.6. The van der Waals surface area contributed by atoms with Crippen molar-refractivity contribution in [1.82, 2.24) is 20.0 Å². The third kappa shape index (κ3) is 3.16. The minimum atomic E-state index is -0.247. The van der Waals surface area contributed by atoms with E-state index in [9.17, 15) is 4.79 Å². The second-order valence-corrected chi connectivity index (χ2v) is 6.93. The molecular weight excluding hydrogens is 346 g/mol. The van der Waals surface area contributed by atoms with Gasteiger partial charge in [-0.05, 0) is 61.7 Å². The molecule has 0 aliphatic heterocycles. The third-order valence-electron chi connectivity index (χ3n) is 3.98. The molecule has 0 atom stereocenters. The smallest absolute Gasteiger partial charge is 0.276 e. The van der Waals surface area contributed by atoms with E-state index in [0.717, 1.165) is 27.6 Å². The fourth-order valence-corrected chi connectivity index (χ4v) is 3.46. The Kier molecular flexibility index (Phi) is 4.14. The summed E-state index contributed by atoms with van der Waals surface area (Å²) < 4.78 is 1.88. The summed E-state index contributed by atoms with van der Waals surface area (Å²) in [7, 11) is 0. The number of anilines is 1. The molecule has 6 nitrogen and oxygen atoms in total. The van der Waals surface area contributed by atoms with Gasteiger partial charge in [0.25, 0.3) is 5.91 Å². The molecule has 0 saturated carbocycles. The van der Waals surface area contributed by atoms with E-state index in [4.69, 9.17) is 0 Å². The summed E-state index contributed by atoms with van der Waals surface area (Å²) >= 11 is 1.60. The predicted molar refractivity (Wildman–Crippen MR) is 103 cm³/mol. The molecule has 1 amide bonds. The molecule has 130 valence electrons. The van der Waals surface area contributed by atoms with Crippen LogP contribution >= 0.6 is 11.3 Å². The van der Waals surface area contributed by atoms with Crippen molar-refractivity contribution in [2.24, 2.45) is 0 Å². The van der Waals surface area contributed by atoms with Crippen molar-refractivity contribution in [2.75, 3.05) is 5.32 Å². The first-order valence-electron chi connectivity index (χ1n) is 8.14. The van der Waals surface area contributed by atoms with Crippen LogP contribution in [0.2, 0.25) is 0 Å². The molecule has 26 heavy (non-hydrogen) atoms. The molecule has 2 N–H and O–H groups in total. The summed E-state index contributed by atoms with van der Waals surface area (Å²) in [6.07, 6.45) is 0. The van der Waals surface area contributed by atoms with Gasteiger partial charge < -0.3 is 5.32 Å². The molecule has 0 fully saturated rings. The van der Waals surface area contributed by atoms with E-state index in [1.54, 1.807) is 17.4 Å². The van der Waals surface area contributed by atoms with E-state index >= 15 is 0 Å². The van der Waals surface area contributed by atoms with E-state index in [1.165, 1.54) is 0 Å². The van der Waals surface area contributed by atoms with Gasteiger partial charge in [-0.2, -0.15) is 10.2 Å². The van der Waals surface area contributed by atoms with Crippen LogP contribution in [0.3, 0.4) is 0 Å². The first-order valence-corrected chi connectivity index (χ1v) is 9.02. The lowest BCUT2D eigenvalue weighted by atomic mass is 10.2. The Morgan fingerprint density at radius 3 is 2.62 bits per heavy atom. The summed E-state index contributed by atoms with van der Waals surface area (Å²) in [5.74, 6) is -0.247. The number of carbonyl (C=O) groups excluding carboxylic acids is 1. The Hall–Kier alpha value is -3.19. The highest BCUT2D eigenvalue weighted by molar-refractivity contribution is 7.13. The molecule has 0 radical (unpaired) electrons. The maximum absolute atomic E-state index is 12.4. The lowest BCUT2D eigenvalue weighted by Crippen LogP contribution is -2.12. The molecule has 4 rings (SSSR count). The number of amides is 1. The molecule has 1 aromatic carbocycles. The highest BCUT2D eigenvalue weighted by Gasteiger charge is 2.12. The molecule has 0 unspecified atom stereocenters. The number of thiophene rings is 1. The van der Waals surface area contributed by atoms with Crippen molar-refractivity contribution in [1.29, 1.82) is 0 Å². The summed E-state index contributed by atoms with van der Waals surface area (Å²) in [6.45, 7) is 3.98. The summed E-state index contributed by atoms with van der Waals surface area (Å²) in [5, 5.41) is 16.3. The number of aromatic amines is 1. The van der Waals surface area contributed by atoms with Crippen molar-refractivity contribution < 1.29 is 4.79 Å². The lowest BCUT2D eigenvalue weighted by molar-refractivity contribution is 0.102. The molecule has 7 heteroatoms. The summed E-state index contributed by atoms with van der Waals surface area (Å²) in [5.41, 5.74) is 4.90. The normalized spacial score (nSPS) is 10.8. The number of benzene rings is 1. The van der Waals surface area contributed by atoms with Gasteiger partial charge >= 0.3 is 0 Å². The lowest BCUT2D eigenvalue weighted by Gasteiger charge is -2.07. The maximum atomic E-state index is 12.4. The zero-order valence-corrected chi connectivity index (χ0v) is 15.2. The van der Waals surface area contributed by atoms with Crippen molar-refractivity contribution in [2.45, 2.75) is 13.8 Å². The standard InChI is InChI=1S/C19H17N5OS/c1-12-10-13(2)24(23-12)15-7-5-14(6-8-15)20-19(25)17-11-16(21-22-17)18-4-3-9-26-18/h3-11H,1-2H3,(H,20,25)(H,21,22). The average Bonchev–Trinajstić information content (AvgIpc) is 3.35. The second kappa shape index (κ2) is 6.61. The largest absolute Gasteiger partial charge is 0.321 e. The molecule has 0 spiro atoms. The molecule has 0 bridgehead atoms. The van der Waals surface area contributed by atoms with Crippen LogP contribution in [0.4, 0.5) is 5.69 Å². The molecule has 3 heterocycles. The van der Waals surface area contributed by atoms with Crippen molar-refractivity contribution in [3.63, 3.8) is 0 Å². The Morgan fingerprint density at radius 2 is 1.96 bits per heavy atom. The first kappa shape index (κ1) is 16.3. The van der Waals surface area contributed by atoms with Gasteiger partial charge in [0.2, 0.25) is 0 Å². The minimum absolute atomic E-state index is 0.247.